The van der Waals surface area contributed by atoms with Crippen molar-refractivity contribution in [3.8, 4) is 16.9 Å². The van der Waals surface area contributed by atoms with Gasteiger partial charge in [-0.1, -0.05) is 35.0 Å². The lowest BCUT2D eigenvalue weighted by Crippen LogP contribution is -2.36. The standard InChI is InChI=1S/C26H26ClN5O4/c1-12-23(13(2)36-32-12)17-9-19-16(10-21(17)35-4)24-25(30-19)28-14(3)29-26(24)31-20(11-22(33)34)15-7-5-6-8-18(15)27/h5-10,14,20,28,30H,11H2,1-4H3,(H,29,31)(H,33,34). The molecule has 2 atom stereocenters. The zero-order chi connectivity index (χ0) is 25.6. The Morgan fingerprint density at radius 2 is 2.06 bits per heavy atom. The number of anilines is 1. The molecule has 0 spiro atoms. The molecule has 1 aliphatic heterocycles. The van der Waals surface area contributed by atoms with Crippen molar-refractivity contribution in [1.29, 1.82) is 0 Å². The maximum atomic E-state index is 11.7. The Balaban J connectivity index is 1.63. The average Bonchev–Trinajstić information content (AvgIpc) is 3.35. The normalized spacial score (nSPS) is 15.7. The SMILES string of the molecule is COc1cc2c3c([nH]c2cc1-c1c(C)noc1C)NC(C)N=C3NC(CC(=O)O)c1ccccc1Cl. The predicted octanol–water partition coefficient (Wildman–Crippen LogP) is 5.43. The van der Waals surface area contributed by atoms with Gasteiger partial charge in [-0.25, -0.2) is 4.99 Å². The van der Waals surface area contributed by atoms with E-state index in [9.17, 15) is 9.90 Å². The second kappa shape index (κ2) is 9.23. The molecule has 2 aromatic carbocycles. The molecule has 2 unspecified atom stereocenters. The van der Waals surface area contributed by atoms with Crippen LogP contribution in [0.4, 0.5) is 5.82 Å². The van der Waals surface area contributed by atoms with E-state index in [2.05, 4.69) is 20.8 Å². The molecule has 0 fully saturated rings. The average molecular weight is 508 g/mol. The van der Waals surface area contributed by atoms with Gasteiger partial charge in [0.15, 0.2) is 0 Å². The molecule has 0 aliphatic carbocycles. The molecule has 3 heterocycles. The first kappa shape index (κ1) is 23.7. The minimum Gasteiger partial charge on any atom is -0.496 e. The number of aryl methyl sites for hydroxylation is 2. The summed E-state index contributed by atoms with van der Waals surface area (Å²) in [5, 5.41) is 21.8. The Morgan fingerprint density at radius 3 is 2.72 bits per heavy atom. The molecule has 4 N–H and O–H groups in total. The van der Waals surface area contributed by atoms with Crippen LogP contribution in [0.25, 0.3) is 22.0 Å². The number of ether oxygens (including phenoxy) is 1. The number of carboxylic acids is 1. The minimum absolute atomic E-state index is 0.165. The maximum Gasteiger partial charge on any atom is 0.305 e. The van der Waals surface area contributed by atoms with E-state index in [1.807, 2.05) is 51.1 Å². The number of rotatable bonds is 6. The number of H-pyrrole nitrogens is 1. The molecule has 0 saturated carbocycles. The maximum absolute atomic E-state index is 11.7. The Kier molecular flexibility index (Phi) is 6.09. The molecule has 2 aromatic heterocycles. The number of nitrogens with zero attached hydrogens (tertiary/aromatic N) is 2. The van der Waals surface area contributed by atoms with E-state index in [1.54, 1.807) is 13.2 Å². The van der Waals surface area contributed by atoms with Crippen LogP contribution >= 0.6 is 11.6 Å². The summed E-state index contributed by atoms with van der Waals surface area (Å²) in [5.41, 5.74) is 4.87. The molecule has 1 aliphatic rings. The molecule has 10 heteroatoms. The number of fused-ring (bicyclic) bond motifs is 3. The van der Waals surface area contributed by atoms with Crippen LogP contribution in [0.15, 0.2) is 45.9 Å². The highest BCUT2D eigenvalue weighted by Crippen LogP contribution is 2.41. The molecule has 0 saturated heterocycles. The fourth-order valence-corrected chi connectivity index (χ4v) is 5.02. The van der Waals surface area contributed by atoms with E-state index in [-0.39, 0.29) is 12.6 Å². The molecule has 36 heavy (non-hydrogen) atoms. The topological polar surface area (TPSA) is 125 Å². The molecule has 186 valence electrons. The van der Waals surface area contributed by atoms with Crippen LogP contribution in [-0.4, -0.2) is 40.3 Å². The van der Waals surface area contributed by atoms with Crippen LogP contribution < -0.4 is 15.4 Å². The Bertz CT molecular complexity index is 1490. The number of halogens is 1. The summed E-state index contributed by atoms with van der Waals surface area (Å²) < 4.78 is 11.1. The van der Waals surface area contributed by atoms with E-state index in [0.717, 1.165) is 39.1 Å². The smallest absolute Gasteiger partial charge is 0.305 e. The number of carbonyl (C=O) groups is 1. The molecular formula is C26H26ClN5O4. The number of hydrogen-bond donors (Lipinski definition) is 4. The van der Waals surface area contributed by atoms with Gasteiger partial charge in [-0.3, -0.25) is 4.79 Å². The quantitative estimate of drug-likeness (QED) is 0.274. The first-order valence-electron chi connectivity index (χ1n) is 11.5. The van der Waals surface area contributed by atoms with E-state index in [1.165, 1.54) is 0 Å². The zero-order valence-electron chi connectivity index (χ0n) is 20.3. The predicted molar refractivity (Wildman–Crippen MR) is 139 cm³/mol. The second-order valence-corrected chi connectivity index (χ2v) is 9.19. The van der Waals surface area contributed by atoms with Gasteiger partial charge >= 0.3 is 5.97 Å². The Morgan fingerprint density at radius 1 is 1.28 bits per heavy atom. The van der Waals surface area contributed by atoms with Gasteiger partial charge in [0, 0.05) is 21.5 Å². The van der Waals surface area contributed by atoms with E-state index in [4.69, 9.17) is 25.9 Å². The van der Waals surface area contributed by atoms with Gasteiger partial charge in [0.1, 0.15) is 29.3 Å². The summed E-state index contributed by atoms with van der Waals surface area (Å²) in [6.45, 7) is 5.69. The van der Waals surface area contributed by atoms with Gasteiger partial charge in [-0.2, -0.15) is 0 Å². The molecule has 9 nitrogen and oxygen atoms in total. The highest BCUT2D eigenvalue weighted by atomic mass is 35.5. The third-order valence-electron chi connectivity index (χ3n) is 6.30. The van der Waals surface area contributed by atoms with Gasteiger partial charge in [0.25, 0.3) is 0 Å². The van der Waals surface area contributed by atoms with Crippen molar-refractivity contribution in [3.05, 3.63) is 64.0 Å². The summed E-state index contributed by atoms with van der Waals surface area (Å²) in [6, 6.07) is 10.6. The first-order valence-corrected chi connectivity index (χ1v) is 11.9. The second-order valence-electron chi connectivity index (χ2n) is 8.79. The van der Waals surface area contributed by atoms with Crippen LogP contribution in [0, 0.1) is 13.8 Å². The number of nitrogens with one attached hydrogen (secondary N) is 3. The molecule has 0 bridgehead atoms. The van der Waals surface area contributed by atoms with Gasteiger partial charge < -0.3 is 30.0 Å². The number of amidine groups is 1. The summed E-state index contributed by atoms with van der Waals surface area (Å²) in [6.07, 6.45) is -0.407. The summed E-state index contributed by atoms with van der Waals surface area (Å²) >= 11 is 6.43. The summed E-state index contributed by atoms with van der Waals surface area (Å²) in [5.74, 6) is 1.76. The van der Waals surface area contributed by atoms with Gasteiger partial charge in [-0.15, -0.1) is 0 Å². The van der Waals surface area contributed by atoms with Crippen molar-refractivity contribution >= 4 is 40.1 Å². The van der Waals surface area contributed by atoms with Crippen LogP contribution in [-0.2, 0) is 4.79 Å². The first-order chi connectivity index (χ1) is 17.3. The number of hydrogen-bond acceptors (Lipinski definition) is 7. The number of carboxylic acid groups (broad SMARTS) is 1. The number of aromatic amines is 1. The zero-order valence-corrected chi connectivity index (χ0v) is 21.0. The molecule has 5 rings (SSSR count). The third kappa shape index (κ3) is 4.15. The van der Waals surface area contributed by atoms with E-state index >= 15 is 0 Å². The van der Waals surface area contributed by atoms with Gasteiger partial charge in [0.05, 0.1) is 36.4 Å². The van der Waals surface area contributed by atoms with Crippen molar-refractivity contribution in [2.24, 2.45) is 4.99 Å². The molecule has 0 amide bonds. The van der Waals surface area contributed by atoms with Gasteiger partial charge in [-0.05, 0) is 44.5 Å². The lowest BCUT2D eigenvalue weighted by atomic mass is 9.99. The molecular weight excluding hydrogens is 482 g/mol. The number of benzene rings is 2. The minimum atomic E-state index is -0.945. The molecule has 0 radical (unpaired) electrons. The largest absolute Gasteiger partial charge is 0.496 e. The van der Waals surface area contributed by atoms with Crippen molar-refractivity contribution < 1.29 is 19.2 Å². The van der Waals surface area contributed by atoms with Crippen molar-refractivity contribution in [1.82, 2.24) is 15.5 Å². The van der Waals surface area contributed by atoms with Crippen molar-refractivity contribution in [2.75, 3.05) is 12.4 Å². The summed E-state index contributed by atoms with van der Waals surface area (Å²) in [4.78, 5) is 20.0. The monoisotopic (exact) mass is 507 g/mol. The van der Waals surface area contributed by atoms with Crippen LogP contribution in [0.2, 0.25) is 5.02 Å². The van der Waals surface area contributed by atoms with Crippen LogP contribution in [0.5, 0.6) is 5.75 Å². The van der Waals surface area contributed by atoms with Crippen LogP contribution in [0.3, 0.4) is 0 Å². The van der Waals surface area contributed by atoms with E-state index < -0.39 is 12.0 Å². The fraction of sp³-hybridized carbons (Fsp3) is 0.269. The van der Waals surface area contributed by atoms with Crippen molar-refractivity contribution in [2.45, 2.75) is 39.4 Å². The number of methoxy groups -OCH3 is 1. The van der Waals surface area contributed by atoms with Crippen LogP contribution in [0.1, 0.15) is 42.0 Å². The lowest BCUT2D eigenvalue weighted by Gasteiger charge is -2.26. The Hall–Kier alpha value is -3.98. The fourth-order valence-electron chi connectivity index (χ4n) is 4.75. The highest BCUT2D eigenvalue weighted by molar-refractivity contribution is 6.31. The molecule has 4 aromatic rings. The number of aliphatic carboxylic acids is 1. The third-order valence-corrected chi connectivity index (χ3v) is 6.65. The number of aliphatic imine (C=N–C) groups is 1. The summed E-state index contributed by atoms with van der Waals surface area (Å²) in [7, 11) is 1.62. The van der Waals surface area contributed by atoms with Gasteiger partial charge in [0.2, 0.25) is 0 Å². The van der Waals surface area contributed by atoms with E-state index in [0.29, 0.717) is 27.9 Å². The number of aromatic nitrogens is 2. The highest BCUT2D eigenvalue weighted by Gasteiger charge is 2.28. The van der Waals surface area contributed by atoms with Crippen molar-refractivity contribution in [3.63, 3.8) is 0 Å². The lowest BCUT2D eigenvalue weighted by molar-refractivity contribution is -0.137. The Labute approximate surface area is 212 Å².